The number of halogens is 1. The van der Waals surface area contributed by atoms with E-state index in [0.717, 1.165) is 6.07 Å². The Balaban J connectivity index is 0.000000980. The first-order chi connectivity index (χ1) is 6.20. The molecule has 1 aromatic carbocycles. The molecule has 1 aromatic heterocycles. The smallest absolute Gasteiger partial charge is 0.160 e. The molecule has 15 heavy (non-hydrogen) atoms. The third kappa shape index (κ3) is 2.52. The van der Waals surface area contributed by atoms with Crippen molar-refractivity contribution in [1.29, 1.82) is 5.26 Å². The van der Waals surface area contributed by atoms with Crippen molar-refractivity contribution in [2.24, 2.45) is 0 Å². The van der Waals surface area contributed by atoms with E-state index in [4.69, 9.17) is 5.26 Å². The summed E-state index contributed by atoms with van der Waals surface area (Å²) in [6, 6.07) is 4.00. The van der Waals surface area contributed by atoms with E-state index >= 15 is 0 Å². The molecule has 0 aliphatic carbocycles. The minimum Gasteiger partial charge on any atom is -0.424 e. The Hall–Kier alpha value is -0.986. The summed E-state index contributed by atoms with van der Waals surface area (Å²) >= 11 is 0. The van der Waals surface area contributed by atoms with Crippen molar-refractivity contribution in [3.05, 3.63) is 41.4 Å². The molecule has 0 saturated carbocycles. The molecule has 0 aliphatic rings. The zero-order valence-electron chi connectivity index (χ0n) is 7.91. The molecule has 75 valence electrons. The Bertz CT molecular complexity index is 567. The Morgan fingerprint density at radius 3 is 2.73 bits per heavy atom. The maximum atomic E-state index is 13.0. The molecule has 0 bridgehead atoms. The van der Waals surface area contributed by atoms with E-state index in [1.165, 1.54) is 6.07 Å². The first-order valence-electron chi connectivity index (χ1n) is 3.47. The van der Waals surface area contributed by atoms with Crippen LogP contribution in [0.1, 0.15) is 5.56 Å². The van der Waals surface area contributed by atoms with Gasteiger partial charge in [-0.15, -0.1) is 0 Å². The molecule has 0 unspecified atom stereocenters. The molecule has 2 aromatic rings. The van der Waals surface area contributed by atoms with Crippen LogP contribution in [0.25, 0.3) is 11.0 Å². The molecule has 6 heteroatoms. The van der Waals surface area contributed by atoms with Gasteiger partial charge in [-0.2, -0.15) is 5.26 Å². The topological polar surface area (TPSA) is 70.8 Å². The Morgan fingerprint density at radius 2 is 2.13 bits per heavy atom. The van der Waals surface area contributed by atoms with Gasteiger partial charge in [0.15, 0.2) is 5.69 Å². The summed E-state index contributed by atoms with van der Waals surface area (Å²) in [4.78, 5) is 16.6. The second-order valence-corrected chi connectivity index (χ2v) is 2.50. The van der Waals surface area contributed by atoms with Crippen LogP contribution in [0.5, 0.6) is 0 Å². The van der Waals surface area contributed by atoms with Gasteiger partial charge < -0.3 is 17.4 Å². The molecule has 4 nitrogen and oxygen atoms in total. The second-order valence-electron chi connectivity index (χ2n) is 2.50. The average molecular weight is 280 g/mol. The van der Waals surface area contributed by atoms with Gasteiger partial charge in [-0.05, 0) is 23.2 Å². The number of hydrogen-bond donors (Lipinski definition) is 1. The van der Waals surface area contributed by atoms with Crippen molar-refractivity contribution in [2.45, 2.75) is 0 Å². The summed E-state index contributed by atoms with van der Waals surface area (Å²) in [6.07, 6.45) is 0. The normalized spacial score (nSPS) is 8.80. The van der Waals surface area contributed by atoms with Crippen molar-refractivity contribution < 1.29 is 37.1 Å². The summed E-state index contributed by atoms with van der Waals surface area (Å²) in [5.74, 6) is -0.665. The van der Waals surface area contributed by atoms with Gasteiger partial charge in [-0.1, -0.05) is 0 Å². The molecule has 0 spiro atoms. The molecule has 2 rings (SSSR count). The van der Waals surface area contributed by atoms with Gasteiger partial charge in [-0.25, -0.2) is 4.39 Å². The van der Waals surface area contributed by atoms with Crippen LogP contribution >= 0.6 is 0 Å². The standard InChI is InChI=1S/C8H4FN3O.CH3.Y/c9-5-2-7-6(1-4(5)3-10)11-8(13)12-7;;/h1-2H,(H2,11,12,13);1H3;/q;-1;/p-1. The fraction of sp³-hybridized carbons (Fsp3) is 0. The van der Waals surface area contributed by atoms with Crippen LogP contribution in [-0.2, 0) is 32.7 Å². The summed E-state index contributed by atoms with van der Waals surface area (Å²) in [5.41, 5.74) is -0.0231. The summed E-state index contributed by atoms with van der Waals surface area (Å²) < 4.78 is 13.0. The number of nitrogens with one attached hydrogen (secondary N) is 1. The van der Waals surface area contributed by atoms with Crippen LogP contribution in [0.3, 0.4) is 0 Å². The van der Waals surface area contributed by atoms with Crippen LogP contribution in [0, 0.1) is 24.6 Å². The number of nitrogens with zero attached hydrogens (tertiary/aromatic N) is 2. The van der Waals surface area contributed by atoms with Crippen molar-refractivity contribution in [3.63, 3.8) is 0 Å². The molecule has 0 atom stereocenters. The molecule has 0 saturated heterocycles. The van der Waals surface area contributed by atoms with Gasteiger partial charge in [0.2, 0.25) is 0 Å². The molecule has 1 heterocycles. The third-order valence-corrected chi connectivity index (χ3v) is 1.67. The second kappa shape index (κ2) is 5.20. The van der Waals surface area contributed by atoms with Crippen LogP contribution in [0.2, 0.25) is 0 Å². The number of aromatic amines is 1. The minimum absolute atomic E-state index is 0. The summed E-state index contributed by atoms with van der Waals surface area (Å²) in [5, 5.41) is 8.48. The fourth-order valence-corrected chi connectivity index (χ4v) is 1.09. The number of rotatable bonds is 0. The monoisotopic (exact) mass is 280 g/mol. The fourth-order valence-electron chi connectivity index (χ4n) is 1.09. The van der Waals surface area contributed by atoms with Crippen LogP contribution in [0.15, 0.2) is 16.9 Å². The van der Waals surface area contributed by atoms with Gasteiger partial charge in [0, 0.05) is 32.7 Å². The maximum absolute atomic E-state index is 13.0. The van der Waals surface area contributed by atoms with Gasteiger partial charge in [0.25, 0.3) is 0 Å². The number of imidazole rings is 1. The summed E-state index contributed by atoms with van der Waals surface area (Å²) in [6.45, 7) is 0. The quantitative estimate of drug-likeness (QED) is 0.730. The van der Waals surface area contributed by atoms with E-state index in [9.17, 15) is 9.18 Å². The van der Waals surface area contributed by atoms with Gasteiger partial charge in [0.05, 0.1) is 5.56 Å². The van der Waals surface area contributed by atoms with E-state index in [2.05, 4.69) is 9.97 Å². The molecule has 1 N–H and O–H groups in total. The maximum Gasteiger partial charge on any atom is 0.160 e. The van der Waals surface area contributed by atoms with Crippen molar-refractivity contribution in [1.82, 2.24) is 9.97 Å². The Morgan fingerprint density at radius 1 is 1.47 bits per heavy atom. The molecule has 0 fully saturated rings. The van der Waals surface area contributed by atoms with E-state index in [-0.39, 0.29) is 51.2 Å². The van der Waals surface area contributed by atoms with Gasteiger partial charge >= 0.3 is 0 Å². The van der Waals surface area contributed by atoms with Crippen molar-refractivity contribution >= 4 is 11.0 Å². The van der Waals surface area contributed by atoms with Crippen molar-refractivity contribution in [3.8, 4) is 6.07 Å². The SMILES string of the molecule is N#Cc1cc2[nH]c(=O)[n-]c2cc1F.[CH3-].[Y]. The number of benzene rings is 1. The molecule has 0 amide bonds. The van der Waals surface area contributed by atoms with E-state index < -0.39 is 11.5 Å². The number of nitriles is 1. The number of fused-ring (bicyclic) bond motifs is 1. The van der Waals surface area contributed by atoms with E-state index in [1.54, 1.807) is 6.07 Å². The van der Waals surface area contributed by atoms with Crippen LogP contribution in [0.4, 0.5) is 4.39 Å². The van der Waals surface area contributed by atoms with E-state index in [0.29, 0.717) is 5.52 Å². The minimum atomic E-state index is -0.665. The molecule has 1 radical (unpaired) electrons. The zero-order valence-corrected chi connectivity index (χ0v) is 10.8. The predicted octanol–water partition coefficient (Wildman–Crippen LogP) is 0.944. The molecular weight excluding hydrogens is 274 g/mol. The van der Waals surface area contributed by atoms with Crippen LogP contribution in [-0.4, -0.2) is 4.98 Å². The first-order valence-corrected chi connectivity index (χ1v) is 3.47. The molecule has 0 aliphatic heterocycles. The third-order valence-electron chi connectivity index (χ3n) is 1.67. The number of aromatic nitrogens is 2. The zero-order chi connectivity index (χ0) is 9.42. The van der Waals surface area contributed by atoms with Gasteiger partial charge in [0.1, 0.15) is 11.9 Å². The summed E-state index contributed by atoms with van der Waals surface area (Å²) in [7, 11) is 0. The largest absolute Gasteiger partial charge is 0.424 e. The average Bonchev–Trinajstić information content (AvgIpc) is 2.42. The number of H-pyrrole nitrogens is 1. The van der Waals surface area contributed by atoms with Gasteiger partial charge in [-0.3, -0.25) is 4.79 Å². The van der Waals surface area contributed by atoms with Crippen LogP contribution < -0.4 is 10.7 Å². The van der Waals surface area contributed by atoms with Crippen molar-refractivity contribution in [2.75, 3.05) is 0 Å². The molecular formula is C9H6FN3OY-2. The predicted molar refractivity (Wildman–Crippen MR) is 49.0 cm³/mol. The Kier molecular flexibility index (Phi) is 4.85. The Labute approximate surface area is 110 Å². The van der Waals surface area contributed by atoms with E-state index in [1.807, 2.05) is 0 Å². The first kappa shape index (κ1) is 14.0. The number of hydrogen-bond acceptors (Lipinski definition) is 2.